The summed E-state index contributed by atoms with van der Waals surface area (Å²) >= 11 is 0. The Morgan fingerprint density at radius 3 is 1.26 bits per heavy atom. The second-order valence-electron chi connectivity index (χ2n) is 4.80. The van der Waals surface area contributed by atoms with E-state index in [4.69, 9.17) is 0 Å². The van der Waals surface area contributed by atoms with Gasteiger partial charge in [0.25, 0.3) is 5.92 Å². The van der Waals surface area contributed by atoms with Gasteiger partial charge >= 0.3 is 30.0 Å². The van der Waals surface area contributed by atoms with Crippen LogP contribution in [0.4, 0.5) is 52.7 Å². The number of rotatable bonds is 2. The fraction of sp³-hybridized carbons (Fsp3) is 1.00. The van der Waals surface area contributed by atoms with Crippen LogP contribution < -0.4 is 0 Å². The number of hydrogen-bond donors (Lipinski definition) is 0. The van der Waals surface area contributed by atoms with Crippen LogP contribution in [0.3, 0.4) is 0 Å². The van der Waals surface area contributed by atoms with E-state index in [1.165, 1.54) is 0 Å². The highest BCUT2D eigenvalue weighted by molar-refractivity contribution is 5.13. The highest BCUT2D eigenvalue weighted by atomic mass is 19.4. The van der Waals surface area contributed by atoms with Crippen LogP contribution in [-0.2, 0) is 9.47 Å². The molecule has 0 bridgehead atoms. The van der Waals surface area contributed by atoms with E-state index in [2.05, 4.69) is 9.47 Å². The Hall–Kier alpha value is -0.920. The third kappa shape index (κ3) is 2.44. The van der Waals surface area contributed by atoms with Crippen LogP contribution >= 0.6 is 0 Å². The Balaban J connectivity index is 3.66. The summed E-state index contributed by atoms with van der Waals surface area (Å²) in [4.78, 5) is 0. The summed E-state index contributed by atoms with van der Waals surface area (Å²) in [5.74, 6) is -15.7. The molecule has 1 heterocycles. The maximum absolute atomic E-state index is 13.9. The zero-order chi connectivity index (χ0) is 18.9. The van der Waals surface area contributed by atoms with Crippen molar-refractivity contribution < 1.29 is 62.2 Å². The van der Waals surface area contributed by atoms with Crippen LogP contribution in [0.25, 0.3) is 0 Å². The van der Waals surface area contributed by atoms with Crippen molar-refractivity contribution in [3.63, 3.8) is 0 Å². The average Bonchev–Trinajstić information content (AvgIpc) is 2.40. The third-order valence-electron chi connectivity index (χ3n) is 3.05. The van der Waals surface area contributed by atoms with Gasteiger partial charge in [0.15, 0.2) is 0 Å². The van der Waals surface area contributed by atoms with Crippen LogP contribution in [0.2, 0.25) is 0 Å². The first-order chi connectivity index (χ1) is 9.66. The van der Waals surface area contributed by atoms with Gasteiger partial charge in [-0.2, -0.15) is 39.5 Å². The molecule has 0 aromatic carbocycles. The highest BCUT2D eigenvalue weighted by Gasteiger charge is 2.94. The minimum atomic E-state index is -7.35. The van der Waals surface area contributed by atoms with E-state index in [1.54, 1.807) is 0 Å². The molecular formula is C9H6F12O2. The summed E-state index contributed by atoms with van der Waals surface area (Å²) in [7, 11) is 0. The van der Waals surface area contributed by atoms with Crippen molar-refractivity contribution >= 4 is 0 Å². The molecule has 0 N–H and O–H groups in total. The molecule has 23 heavy (non-hydrogen) atoms. The van der Waals surface area contributed by atoms with E-state index in [0.29, 0.717) is 0 Å². The predicted octanol–water partition coefficient (Wildman–Crippen LogP) is 4.50. The minimum absolute atomic E-state index is 0.268. The van der Waals surface area contributed by atoms with Crippen LogP contribution in [0.15, 0.2) is 0 Å². The number of ether oxygens (including phenoxy) is 2. The lowest BCUT2D eigenvalue weighted by atomic mass is 9.93. The van der Waals surface area contributed by atoms with Crippen molar-refractivity contribution in [3.8, 4) is 0 Å². The first-order valence-corrected chi connectivity index (χ1v) is 5.33. The maximum atomic E-state index is 13.9. The Morgan fingerprint density at radius 1 is 0.696 bits per heavy atom. The summed E-state index contributed by atoms with van der Waals surface area (Å²) in [6.07, 6.45) is -21.0. The summed E-state index contributed by atoms with van der Waals surface area (Å²) < 4.78 is 160. The zero-order valence-electron chi connectivity index (χ0n) is 10.9. The van der Waals surface area contributed by atoms with E-state index in [0.717, 1.165) is 0 Å². The molecular weight excluding hydrogens is 368 g/mol. The molecule has 0 saturated carbocycles. The van der Waals surface area contributed by atoms with Gasteiger partial charge in [-0.05, 0) is 6.92 Å². The Labute approximate surface area is 119 Å². The van der Waals surface area contributed by atoms with Crippen molar-refractivity contribution in [2.75, 3.05) is 0 Å². The molecule has 0 aromatic heterocycles. The zero-order valence-corrected chi connectivity index (χ0v) is 10.9. The molecule has 1 aliphatic heterocycles. The minimum Gasteiger partial charge on any atom is -0.297 e. The second-order valence-corrected chi connectivity index (χ2v) is 4.80. The monoisotopic (exact) mass is 374 g/mol. The number of halogens is 12. The van der Waals surface area contributed by atoms with Gasteiger partial charge in [-0.3, -0.25) is 9.47 Å². The predicted molar refractivity (Wildman–Crippen MR) is 45.9 cm³/mol. The van der Waals surface area contributed by atoms with Gasteiger partial charge in [0.2, 0.25) is 5.79 Å². The van der Waals surface area contributed by atoms with Gasteiger partial charge < -0.3 is 0 Å². The fourth-order valence-corrected chi connectivity index (χ4v) is 1.63. The Kier molecular flexibility index (Phi) is 4.01. The number of hydrogen-bond acceptors (Lipinski definition) is 2. The van der Waals surface area contributed by atoms with Gasteiger partial charge in [-0.1, -0.05) is 0 Å². The fourth-order valence-electron chi connectivity index (χ4n) is 1.63. The molecule has 0 spiro atoms. The van der Waals surface area contributed by atoms with Crippen molar-refractivity contribution in [3.05, 3.63) is 0 Å². The standard InChI is InChI=1S/C9H6F12O2/c1-3(10,11)4(2)22-6(13,9(20,21)23-4)5(12,7(14,15)16)8(17,18)19/h1-2H3. The van der Waals surface area contributed by atoms with E-state index in [9.17, 15) is 52.7 Å². The van der Waals surface area contributed by atoms with E-state index in [1.807, 2.05) is 0 Å². The van der Waals surface area contributed by atoms with Crippen molar-refractivity contribution in [1.29, 1.82) is 0 Å². The van der Waals surface area contributed by atoms with Crippen LogP contribution in [0, 0.1) is 0 Å². The number of alkyl halides is 12. The summed E-state index contributed by atoms with van der Waals surface area (Å²) in [5, 5.41) is 0. The first-order valence-electron chi connectivity index (χ1n) is 5.33. The molecule has 1 saturated heterocycles. The van der Waals surface area contributed by atoms with Crippen molar-refractivity contribution in [2.45, 2.75) is 55.5 Å². The molecule has 2 atom stereocenters. The third-order valence-corrected chi connectivity index (χ3v) is 3.05. The van der Waals surface area contributed by atoms with E-state index < -0.39 is 41.7 Å². The summed E-state index contributed by atoms with van der Waals surface area (Å²) in [6.45, 7) is -0.592. The molecule has 0 aromatic rings. The molecule has 1 fully saturated rings. The molecule has 1 rings (SSSR count). The lowest BCUT2D eigenvalue weighted by Gasteiger charge is -2.39. The van der Waals surface area contributed by atoms with Crippen LogP contribution in [0.1, 0.15) is 13.8 Å². The molecule has 0 amide bonds. The molecule has 0 aliphatic carbocycles. The summed E-state index contributed by atoms with van der Waals surface area (Å²) in [6, 6.07) is 0. The lowest BCUT2D eigenvalue weighted by Crippen LogP contribution is -2.71. The molecule has 14 heteroatoms. The van der Waals surface area contributed by atoms with Gasteiger partial charge in [0, 0.05) is 6.92 Å². The van der Waals surface area contributed by atoms with Crippen LogP contribution in [-0.4, -0.2) is 41.7 Å². The first kappa shape index (κ1) is 20.1. The van der Waals surface area contributed by atoms with Crippen molar-refractivity contribution in [2.24, 2.45) is 0 Å². The largest absolute Gasteiger partial charge is 0.437 e. The van der Waals surface area contributed by atoms with E-state index >= 15 is 0 Å². The van der Waals surface area contributed by atoms with Gasteiger partial charge in [0.1, 0.15) is 0 Å². The smallest absolute Gasteiger partial charge is 0.297 e. The lowest BCUT2D eigenvalue weighted by molar-refractivity contribution is -0.448. The van der Waals surface area contributed by atoms with Crippen LogP contribution in [0.5, 0.6) is 0 Å². The molecule has 2 unspecified atom stereocenters. The molecule has 138 valence electrons. The van der Waals surface area contributed by atoms with Crippen molar-refractivity contribution in [1.82, 2.24) is 0 Å². The van der Waals surface area contributed by atoms with Gasteiger partial charge in [0.05, 0.1) is 0 Å². The quantitative estimate of drug-likeness (QED) is 0.663. The Bertz CT molecular complexity index is 462. The molecule has 0 radical (unpaired) electrons. The maximum Gasteiger partial charge on any atom is 0.437 e. The van der Waals surface area contributed by atoms with Gasteiger partial charge in [-0.15, -0.1) is 0 Å². The Morgan fingerprint density at radius 2 is 1.04 bits per heavy atom. The van der Waals surface area contributed by atoms with Gasteiger partial charge in [-0.25, -0.2) is 13.2 Å². The molecule has 2 nitrogen and oxygen atoms in total. The normalized spacial score (nSPS) is 33.1. The second kappa shape index (κ2) is 4.58. The highest BCUT2D eigenvalue weighted by Crippen LogP contribution is 2.64. The SMILES string of the molecule is CC(F)(F)C1(C)OC(F)(F)C(F)(C(F)(C(F)(F)F)C(F)(F)F)O1. The van der Waals surface area contributed by atoms with E-state index in [-0.39, 0.29) is 13.8 Å². The average molecular weight is 374 g/mol. The topological polar surface area (TPSA) is 18.5 Å². The summed E-state index contributed by atoms with van der Waals surface area (Å²) in [5.41, 5.74) is -7.35. The molecule has 1 aliphatic rings.